The van der Waals surface area contributed by atoms with E-state index in [1.807, 2.05) is 12.1 Å². The Balaban J connectivity index is 1.33. The summed E-state index contributed by atoms with van der Waals surface area (Å²) in [6.45, 7) is 4.93. The molecular weight excluding hydrogens is 408 g/mol. The number of nitrogens with zero attached hydrogens (tertiary/aromatic N) is 6. The quantitative estimate of drug-likeness (QED) is 0.604. The van der Waals surface area contributed by atoms with Crippen LogP contribution in [0.1, 0.15) is 0 Å². The molecule has 4 heterocycles. The minimum absolute atomic E-state index is 0.152. The van der Waals surface area contributed by atoms with Crippen molar-refractivity contribution in [3.63, 3.8) is 0 Å². The van der Waals surface area contributed by atoms with E-state index in [4.69, 9.17) is 4.74 Å². The van der Waals surface area contributed by atoms with Crippen molar-refractivity contribution in [1.29, 1.82) is 0 Å². The first kappa shape index (κ1) is 21.1. The first-order valence-corrected chi connectivity index (χ1v) is 11.5. The normalized spacial score (nSPS) is 19.7. The first-order valence-electron chi connectivity index (χ1n) is 10.1. The van der Waals surface area contributed by atoms with E-state index in [2.05, 4.69) is 15.0 Å². The van der Waals surface area contributed by atoms with Gasteiger partial charge in [0, 0.05) is 69.8 Å². The van der Waals surface area contributed by atoms with Crippen LogP contribution in [-0.2, 0) is 21.5 Å². The maximum atomic E-state index is 12.8. The fourth-order valence-electron chi connectivity index (χ4n) is 3.65. The number of hydrogen-bond acceptors (Lipinski definition) is 7. The van der Waals surface area contributed by atoms with Gasteiger partial charge in [-0.2, -0.15) is 22.1 Å². The molecule has 2 fully saturated rings. The second-order valence-electron chi connectivity index (χ2n) is 7.28. The molecule has 2 aliphatic rings. The van der Waals surface area contributed by atoms with E-state index in [9.17, 15) is 13.2 Å². The molecule has 0 saturated carbocycles. The number of morpholine rings is 1. The molecule has 4 rings (SSSR count). The van der Waals surface area contributed by atoms with Crippen LogP contribution >= 0.6 is 0 Å². The lowest BCUT2D eigenvalue weighted by Gasteiger charge is -2.37. The van der Waals surface area contributed by atoms with Gasteiger partial charge in [0.15, 0.2) is 0 Å². The molecule has 11 heteroatoms. The summed E-state index contributed by atoms with van der Waals surface area (Å²) in [5, 5.41) is 4.47. The van der Waals surface area contributed by atoms with Gasteiger partial charge in [-0.05, 0) is 18.2 Å². The Morgan fingerprint density at radius 1 is 0.867 bits per heavy atom. The lowest BCUT2D eigenvalue weighted by molar-refractivity contribution is 0.0684. The van der Waals surface area contributed by atoms with Crippen LogP contribution in [0.5, 0.6) is 0 Å². The van der Waals surface area contributed by atoms with Gasteiger partial charge in [-0.15, -0.1) is 0 Å². The summed E-state index contributed by atoms with van der Waals surface area (Å²) in [4.78, 5) is 18.4. The Hall–Kier alpha value is -2.18. The van der Waals surface area contributed by atoms with Gasteiger partial charge in [-0.1, -0.05) is 0 Å². The fraction of sp³-hybridized carbons (Fsp3) is 0.526. The maximum absolute atomic E-state index is 12.8. The Labute approximate surface area is 175 Å². The van der Waals surface area contributed by atoms with Crippen LogP contribution < -0.4 is 5.56 Å². The van der Waals surface area contributed by atoms with E-state index < -0.39 is 10.2 Å². The molecule has 0 aromatic carbocycles. The van der Waals surface area contributed by atoms with Crippen LogP contribution in [0.3, 0.4) is 0 Å². The zero-order valence-electron chi connectivity index (χ0n) is 16.8. The van der Waals surface area contributed by atoms with Gasteiger partial charge in [-0.3, -0.25) is 14.7 Å². The van der Waals surface area contributed by atoms with Gasteiger partial charge >= 0.3 is 0 Å². The third-order valence-electron chi connectivity index (χ3n) is 5.42. The Morgan fingerprint density at radius 2 is 1.53 bits per heavy atom. The van der Waals surface area contributed by atoms with Crippen molar-refractivity contribution in [2.24, 2.45) is 0 Å². The summed E-state index contributed by atoms with van der Waals surface area (Å²) in [5.74, 6) is 0. The zero-order valence-corrected chi connectivity index (χ0v) is 17.6. The summed E-state index contributed by atoms with van der Waals surface area (Å²) >= 11 is 0. The highest BCUT2D eigenvalue weighted by Gasteiger charge is 2.33. The number of pyridine rings is 1. The van der Waals surface area contributed by atoms with Crippen LogP contribution in [-0.4, -0.2) is 95.7 Å². The maximum Gasteiger partial charge on any atom is 0.282 e. The third-order valence-corrected chi connectivity index (χ3v) is 7.46. The molecular formula is C19H26N6O4S. The van der Waals surface area contributed by atoms with E-state index in [1.54, 1.807) is 22.8 Å². The zero-order chi connectivity index (χ0) is 21.0. The molecule has 0 atom stereocenters. The first-order chi connectivity index (χ1) is 14.5. The van der Waals surface area contributed by atoms with Crippen molar-refractivity contribution in [3.05, 3.63) is 47.0 Å². The van der Waals surface area contributed by atoms with E-state index >= 15 is 0 Å². The molecule has 0 bridgehead atoms. The van der Waals surface area contributed by atoms with Crippen LogP contribution in [0.4, 0.5) is 0 Å². The predicted octanol–water partition coefficient (Wildman–Crippen LogP) is -0.500. The molecule has 30 heavy (non-hydrogen) atoms. The second kappa shape index (κ2) is 9.31. The number of aromatic nitrogens is 3. The standard InChI is InChI=1S/C19H26N6O4S/c26-19-2-1-18(17-3-5-20-6-4-17)21-25(19)12-9-22-7-10-23(11-8-22)30(27,28)24-13-15-29-16-14-24/h1-6H,7-16H2. The van der Waals surface area contributed by atoms with Gasteiger partial charge < -0.3 is 4.74 Å². The number of piperazine rings is 1. The summed E-state index contributed by atoms with van der Waals surface area (Å²) in [5.41, 5.74) is 1.47. The highest BCUT2D eigenvalue weighted by molar-refractivity contribution is 7.86. The molecule has 0 amide bonds. The molecule has 0 radical (unpaired) electrons. The van der Waals surface area contributed by atoms with Crippen LogP contribution in [0.25, 0.3) is 11.3 Å². The molecule has 0 unspecified atom stereocenters. The van der Waals surface area contributed by atoms with Crippen molar-refractivity contribution in [2.45, 2.75) is 6.54 Å². The highest BCUT2D eigenvalue weighted by Crippen LogP contribution is 2.15. The van der Waals surface area contributed by atoms with E-state index in [0.29, 0.717) is 65.6 Å². The molecule has 0 N–H and O–H groups in total. The van der Waals surface area contributed by atoms with Gasteiger partial charge in [-0.25, -0.2) is 4.68 Å². The lowest BCUT2D eigenvalue weighted by Crippen LogP contribution is -2.55. The number of ether oxygens (including phenoxy) is 1. The smallest absolute Gasteiger partial charge is 0.282 e. The van der Waals surface area contributed by atoms with Crippen molar-refractivity contribution < 1.29 is 13.2 Å². The summed E-state index contributed by atoms with van der Waals surface area (Å²) in [6, 6.07) is 6.94. The lowest BCUT2D eigenvalue weighted by atomic mass is 10.2. The Kier molecular flexibility index (Phi) is 6.54. The largest absolute Gasteiger partial charge is 0.379 e. The van der Waals surface area contributed by atoms with Gasteiger partial charge in [0.25, 0.3) is 15.8 Å². The molecule has 2 aromatic rings. The van der Waals surface area contributed by atoms with Crippen molar-refractivity contribution in [2.75, 3.05) is 59.0 Å². The summed E-state index contributed by atoms with van der Waals surface area (Å²) < 4.78 is 35.3. The number of rotatable bonds is 6. The van der Waals surface area contributed by atoms with E-state index in [0.717, 1.165) is 11.3 Å². The summed E-state index contributed by atoms with van der Waals surface area (Å²) in [7, 11) is -3.43. The molecule has 0 aliphatic carbocycles. The monoisotopic (exact) mass is 434 g/mol. The topological polar surface area (TPSA) is 101 Å². The highest BCUT2D eigenvalue weighted by atomic mass is 32.2. The molecule has 162 valence electrons. The van der Waals surface area contributed by atoms with Crippen LogP contribution in [0, 0.1) is 0 Å². The SMILES string of the molecule is O=c1ccc(-c2ccncc2)nn1CCN1CCN(S(=O)(=O)N2CCOCC2)CC1. The molecule has 0 spiro atoms. The molecule has 10 nitrogen and oxygen atoms in total. The van der Waals surface area contributed by atoms with Gasteiger partial charge in [0.2, 0.25) is 0 Å². The molecule has 2 aromatic heterocycles. The molecule has 2 aliphatic heterocycles. The summed E-state index contributed by atoms with van der Waals surface area (Å²) in [6.07, 6.45) is 3.38. The second-order valence-corrected chi connectivity index (χ2v) is 9.20. The average molecular weight is 435 g/mol. The van der Waals surface area contributed by atoms with Gasteiger partial charge in [0.05, 0.1) is 25.5 Å². The van der Waals surface area contributed by atoms with Gasteiger partial charge in [0.1, 0.15) is 0 Å². The number of hydrogen-bond donors (Lipinski definition) is 0. The fourth-order valence-corrected chi connectivity index (χ4v) is 5.21. The minimum atomic E-state index is -3.43. The van der Waals surface area contributed by atoms with Crippen molar-refractivity contribution in [3.8, 4) is 11.3 Å². The van der Waals surface area contributed by atoms with Crippen molar-refractivity contribution in [1.82, 2.24) is 28.3 Å². The van der Waals surface area contributed by atoms with E-state index in [-0.39, 0.29) is 5.56 Å². The minimum Gasteiger partial charge on any atom is -0.379 e. The Bertz CT molecular complexity index is 999. The molecule has 2 saturated heterocycles. The van der Waals surface area contributed by atoms with E-state index in [1.165, 1.54) is 15.1 Å². The van der Waals surface area contributed by atoms with Crippen LogP contribution in [0.15, 0.2) is 41.5 Å². The third kappa shape index (κ3) is 4.76. The van der Waals surface area contributed by atoms with Crippen LogP contribution in [0.2, 0.25) is 0 Å². The predicted molar refractivity (Wildman–Crippen MR) is 111 cm³/mol. The Morgan fingerprint density at radius 3 is 2.23 bits per heavy atom. The van der Waals surface area contributed by atoms with Crippen molar-refractivity contribution >= 4 is 10.2 Å². The average Bonchev–Trinajstić information content (AvgIpc) is 2.80.